The van der Waals surface area contributed by atoms with Crippen LogP contribution in [0.4, 0.5) is 4.39 Å². The summed E-state index contributed by atoms with van der Waals surface area (Å²) in [6, 6.07) is 10.2. The van der Waals surface area contributed by atoms with E-state index in [1.54, 1.807) is 28.9 Å². The molecular weight excluding hydrogens is 231 g/mol. The Hall–Kier alpha value is -2.27. The van der Waals surface area contributed by atoms with Crippen molar-refractivity contribution in [2.45, 2.75) is 6.54 Å². The highest BCUT2D eigenvalue weighted by Crippen LogP contribution is 2.19. The molecule has 18 heavy (non-hydrogen) atoms. The van der Waals surface area contributed by atoms with Crippen LogP contribution >= 0.6 is 0 Å². The quantitative estimate of drug-likeness (QED) is 0.747. The molecule has 0 fully saturated rings. The van der Waals surface area contributed by atoms with Crippen molar-refractivity contribution in [3.8, 4) is 11.4 Å². The first-order valence-electron chi connectivity index (χ1n) is 5.58. The number of hydrogen-bond donors (Lipinski definition) is 1. The Labute approximate surface area is 103 Å². The van der Waals surface area contributed by atoms with Crippen LogP contribution in [0.25, 0.3) is 17.0 Å². The molecule has 0 saturated heterocycles. The molecule has 2 N–H and O–H groups in total. The number of rotatable bonds is 2. The molecule has 2 aromatic heterocycles. The SMILES string of the molecule is NCc1ccc2nc(-c3ccccc3F)nn2c1. The Morgan fingerprint density at radius 2 is 2.00 bits per heavy atom. The van der Waals surface area contributed by atoms with E-state index >= 15 is 0 Å². The molecule has 0 atom stereocenters. The van der Waals surface area contributed by atoms with Gasteiger partial charge in [-0.05, 0) is 23.8 Å². The van der Waals surface area contributed by atoms with Crippen LogP contribution in [-0.2, 0) is 6.54 Å². The fourth-order valence-electron chi connectivity index (χ4n) is 1.80. The van der Waals surface area contributed by atoms with Gasteiger partial charge in [0.25, 0.3) is 0 Å². The van der Waals surface area contributed by atoms with Crippen molar-refractivity contribution in [1.82, 2.24) is 14.6 Å². The maximum absolute atomic E-state index is 13.6. The number of fused-ring (bicyclic) bond motifs is 1. The summed E-state index contributed by atoms with van der Waals surface area (Å²) in [5.74, 6) is 0.0507. The normalized spacial score (nSPS) is 11.0. The minimum atomic E-state index is -0.326. The lowest BCUT2D eigenvalue weighted by Gasteiger charge is -1.96. The first-order valence-corrected chi connectivity index (χ1v) is 5.58. The van der Waals surface area contributed by atoms with E-state index in [1.807, 2.05) is 12.1 Å². The molecule has 0 bridgehead atoms. The van der Waals surface area contributed by atoms with Crippen molar-refractivity contribution in [2.24, 2.45) is 5.73 Å². The van der Waals surface area contributed by atoms with E-state index in [4.69, 9.17) is 5.73 Å². The Morgan fingerprint density at radius 3 is 2.78 bits per heavy atom. The fraction of sp³-hybridized carbons (Fsp3) is 0.0769. The number of hydrogen-bond acceptors (Lipinski definition) is 3. The third-order valence-electron chi connectivity index (χ3n) is 2.74. The third-order valence-corrected chi connectivity index (χ3v) is 2.74. The van der Waals surface area contributed by atoms with Crippen LogP contribution in [0, 0.1) is 5.82 Å². The zero-order chi connectivity index (χ0) is 12.5. The van der Waals surface area contributed by atoms with Crippen molar-refractivity contribution < 1.29 is 4.39 Å². The molecule has 90 valence electrons. The second-order valence-corrected chi connectivity index (χ2v) is 3.96. The summed E-state index contributed by atoms with van der Waals surface area (Å²) >= 11 is 0. The van der Waals surface area contributed by atoms with Crippen LogP contribution < -0.4 is 5.73 Å². The maximum atomic E-state index is 13.6. The van der Waals surface area contributed by atoms with Gasteiger partial charge in [-0.3, -0.25) is 0 Å². The van der Waals surface area contributed by atoms with Crippen LogP contribution in [0.3, 0.4) is 0 Å². The molecule has 2 heterocycles. The van der Waals surface area contributed by atoms with E-state index in [-0.39, 0.29) is 5.82 Å². The lowest BCUT2D eigenvalue weighted by atomic mass is 10.2. The Balaban J connectivity index is 2.17. The Kier molecular flexibility index (Phi) is 2.53. The Morgan fingerprint density at radius 1 is 1.17 bits per heavy atom. The zero-order valence-corrected chi connectivity index (χ0v) is 9.55. The van der Waals surface area contributed by atoms with E-state index in [9.17, 15) is 4.39 Å². The summed E-state index contributed by atoms with van der Waals surface area (Å²) in [6.07, 6.45) is 1.80. The highest BCUT2D eigenvalue weighted by atomic mass is 19.1. The number of aromatic nitrogens is 3. The van der Waals surface area contributed by atoms with Crippen LogP contribution in [0.15, 0.2) is 42.6 Å². The summed E-state index contributed by atoms with van der Waals surface area (Å²) < 4.78 is 15.3. The fourth-order valence-corrected chi connectivity index (χ4v) is 1.80. The summed E-state index contributed by atoms with van der Waals surface area (Å²) in [5, 5.41) is 4.26. The second kappa shape index (κ2) is 4.19. The lowest BCUT2D eigenvalue weighted by molar-refractivity contribution is 0.630. The van der Waals surface area contributed by atoms with Crippen molar-refractivity contribution in [3.63, 3.8) is 0 Å². The summed E-state index contributed by atoms with van der Waals surface area (Å²) in [7, 11) is 0. The standard InChI is InChI=1S/C13H11FN4/c14-11-4-2-1-3-10(11)13-16-12-6-5-9(7-15)8-18(12)17-13/h1-6,8H,7,15H2. The van der Waals surface area contributed by atoms with Gasteiger partial charge in [0, 0.05) is 12.7 Å². The molecule has 0 saturated carbocycles. The molecule has 3 aromatic rings. The van der Waals surface area contributed by atoms with Crippen molar-refractivity contribution in [1.29, 1.82) is 0 Å². The van der Waals surface area contributed by atoms with Gasteiger partial charge in [0.05, 0.1) is 5.56 Å². The van der Waals surface area contributed by atoms with E-state index in [0.29, 0.717) is 23.6 Å². The molecule has 5 heteroatoms. The van der Waals surface area contributed by atoms with Gasteiger partial charge in [0.1, 0.15) is 5.82 Å². The molecule has 0 aliphatic carbocycles. The molecule has 0 aliphatic heterocycles. The van der Waals surface area contributed by atoms with Gasteiger partial charge in [-0.1, -0.05) is 18.2 Å². The van der Waals surface area contributed by atoms with Crippen molar-refractivity contribution in [2.75, 3.05) is 0 Å². The summed E-state index contributed by atoms with van der Waals surface area (Å²) in [4.78, 5) is 4.29. The van der Waals surface area contributed by atoms with Gasteiger partial charge in [0.2, 0.25) is 0 Å². The van der Waals surface area contributed by atoms with Crippen molar-refractivity contribution >= 4 is 5.65 Å². The molecule has 3 rings (SSSR count). The first kappa shape index (κ1) is 10.9. The third kappa shape index (κ3) is 1.74. The lowest BCUT2D eigenvalue weighted by Crippen LogP contribution is -1.98. The first-order chi connectivity index (χ1) is 8.78. The van der Waals surface area contributed by atoms with Gasteiger partial charge in [-0.25, -0.2) is 13.9 Å². The molecule has 1 aromatic carbocycles. The van der Waals surface area contributed by atoms with Gasteiger partial charge in [0.15, 0.2) is 11.5 Å². The van der Waals surface area contributed by atoms with Crippen LogP contribution in [0.1, 0.15) is 5.56 Å². The van der Waals surface area contributed by atoms with E-state index in [1.165, 1.54) is 6.07 Å². The minimum absolute atomic E-state index is 0.326. The number of pyridine rings is 1. The molecule has 4 nitrogen and oxygen atoms in total. The highest BCUT2D eigenvalue weighted by Gasteiger charge is 2.10. The van der Waals surface area contributed by atoms with Crippen molar-refractivity contribution in [3.05, 3.63) is 54.0 Å². The number of halogens is 1. The van der Waals surface area contributed by atoms with E-state index in [2.05, 4.69) is 10.1 Å². The average Bonchev–Trinajstić information content (AvgIpc) is 2.81. The predicted molar refractivity (Wildman–Crippen MR) is 66.3 cm³/mol. The smallest absolute Gasteiger partial charge is 0.185 e. The highest BCUT2D eigenvalue weighted by molar-refractivity contribution is 5.58. The van der Waals surface area contributed by atoms with E-state index in [0.717, 1.165) is 5.56 Å². The molecule has 0 spiro atoms. The second-order valence-electron chi connectivity index (χ2n) is 3.96. The summed E-state index contributed by atoms with van der Waals surface area (Å²) in [5.41, 5.74) is 7.58. The zero-order valence-electron chi connectivity index (χ0n) is 9.55. The van der Waals surface area contributed by atoms with Gasteiger partial charge in [-0.2, -0.15) is 0 Å². The molecule has 0 amide bonds. The maximum Gasteiger partial charge on any atom is 0.185 e. The minimum Gasteiger partial charge on any atom is -0.326 e. The van der Waals surface area contributed by atoms with Crippen LogP contribution in [-0.4, -0.2) is 14.6 Å². The number of nitrogens with two attached hydrogens (primary N) is 1. The molecule has 0 unspecified atom stereocenters. The predicted octanol–water partition coefficient (Wildman–Crippen LogP) is 1.99. The van der Waals surface area contributed by atoms with Crippen LogP contribution in [0.2, 0.25) is 0 Å². The molecular formula is C13H11FN4. The van der Waals surface area contributed by atoms with Gasteiger partial charge < -0.3 is 5.73 Å². The largest absolute Gasteiger partial charge is 0.326 e. The average molecular weight is 242 g/mol. The van der Waals surface area contributed by atoms with Gasteiger partial charge in [-0.15, -0.1) is 5.10 Å². The number of nitrogens with zero attached hydrogens (tertiary/aromatic N) is 3. The van der Waals surface area contributed by atoms with Crippen LogP contribution in [0.5, 0.6) is 0 Å². The molecule has 0 aliphatic rings. The Bertz CT molecular complexity index is 705. The molecule has 0 radical (unpaired) electrons. The topological polar surface area (TPSA) is 56.2 Å². The van der Waals surface area contributed by atoms with Gasteiger partial charge >= 0.3 is 0 Å². The monoisotopic (exact) mass is 242 g/mol. The summed E-state index contributed by atoms with van der Waals surface area (Å²) in [6.45, 7) is 0.435. The van der Waals surface area contributed by atoms with E-state index < -0.39 is 0 Å². The number of benzene rings is 1.